The van der Waals surface area contributed by atoms with E-state index in [1.165, 1.54) is 22.3 Å². The van der Waals surface area contributed by atoms with Crippen LogP contribution >= 0.6 is 11.6 Å². The molecule has 1 unspecified atom stereocenters. The van der Waals surface area contributed by atoms with Crippen molar-refractivity contribution in [3.63, 3.8) is 0 Å². The highest BCUT2D eigenvalue weighted by Crippen LogP contribution is 2.40. The van der Waals surface area contributed by atoms with E-state index in [0.717, 1.165) is 12.0 Å². The zero-order valence-corrected chi connectivity index (χ0v) is 10.0. The van der Waals surface area contributed by atoms with Gasteiger partial charge in [0, 0.05) is 0 Å². The number of hydrogen-bond acceptors (Lipinski definition) is 0. The van der Waals surface area contributed by atoms with Crippen molar-refractivity contribution in [2.45, 2.75) is 11.8 Å². The molecule has 0 saturated heterocycles. The van der Waals surface area contributed by atoms with E-state index >= 15 is 0 Å². The molecule has 17 heavy (non-hydrogen) atoms. The van der Waals surface area contributed by atoms with Gasteiger partial charge >= 0.3 is 0 Å². The number of terminal acetylenes is 1. The minimum Gasteiger partial charge on any atom is -0.118 e. The van der Waals surface area contributed by atoms with Crippen molar-refractivity contribution in [3.05, 3.63) is 59.2 Å². The van der Waals surface area contributed by atoms with Crippen molar-refractivity contribution in [2.75, 3.05) is 0 Å². The lowest BCUT2D eigenvalue weighted by Gasteiger charge is -2.09. The van der Waals surface area contributed by atoms with Gasteiger partial charge in [0.05, 0.1) is 0 Å². The minimum atomic E-state index is -0.334. The molecule has 0 spiro atoms. The van der Waals surface area contributed by atoms with Crippen molar-refractivity contribution in [1.82, 2.24) is 0 Å². The molecular weight excluding hydrogens is 228 g/mol. The molecule has 1 heteroatoms. The molecule has 0 fully saturated rings. The average molecular weight is 239 g/mol. The monoisotopic (exact) mass is 238 g/mol. The van der Waals surface area contributed by atoms with Gasteiger partial charge in [-0.3, -0.25) is 0 Å². The number of alkyl halides is 1. The van der Waals surface area contributed by atoms with Gasteiger partial charge in [0.2, 0.25) is 0 Å². The van der Waals surface area contributed by atoms with Crippen LogP contribution in [0.4, 0.5) is 0 Å². The third-order valence-corrected chi connectivity index (χ3v) is 3.67. The predicted molar refractivity (Wildman–Crippen MR) is 72.1 cm³/mol. The van der Waals surface area contributed by atoms with Crippen LogP contribution in [0, 0.1) is 12.3 Å². The Morgan fingerprint density at radius 2 is 1.82 bits per heavy atom. The highest BCUT2D eigenvalue weighted by molar-refractivity contribution is 6.22. The molecule has 1 aliphatic carbocycles. The van der Waals surface area contributed by atoms with Crippen LogP contribution in [-0.2, 0) is 6.42 Å². The number of fused-ring (bicyclic) bond motifs is 3. The lowest BCUT2D eigenvalue weighted by molar-refractivity contribution is 1.15. The molecule has 0 radical (unpaired) electrons. The zero-order valence-electron chi connectivity index (χ0n) is 9.28. The van der Waals surface area contributed by atoms with Gasteiger partial charge in [0.1, 0.15) is 5.38 Å². The lowest BCUT2D eigenvalue weighted by Crippen LogP contribution is -1.94. The van der Waals surface area contributed by atoms with Crippen LogP contribution in [0.5, 0.6) is 0 Å². The molecule has 1 atom stereocenters. The quantitative estimate of drug-likeness (QED) is 0.441. The molecule has 0 amide bonds. The fraction of sp³-hybridized carbons (Fsp3) is 0.125. The summed E-state index contributed by atoms with van der Waals surface area (Å²) in [6.45, 7) is 0. The summed E-state index contributed by atoms with van der Waals surface area (Å²) in [4.78, 5) is 0. The van der Waals surface area contributed by atoms with Crippen LogP contribution in [0.15, 0.2) is 42.5 Å². The standard InChI is InChI=1S/C16H11Cl/c1-2-16(17)14-9-5-8-13-12-7-4-3-6-11(12)10-15(13)14/h1,3-9,16H,10H2. The Labute approximate surface area is 106 Å². The van der Waals surface area contributed by atoms with Gasteiger partial charge < -0.3 is 0 Å². The first-order chi connectivity index (χ1) is 8.31. The van der Waals surface area contributed by atoms with Crippen LogP contribution in [0.2, 0.25) is 0 Å². The smallest absolute Gasteiger partial charge is 0.118 e. The van der Waals surface area contributed by atoms with E-state index < -0.39 is 0 Å². The SMILES string of the molecule is C#CC(Cl)c1cccc2c1Cc1ccccc1-2. The molecule has 0 nitrogen and oxygen atoms in total. The van der Waals surface area contributed by atoms with Crippen LogP contribution in [0.1, 0.15) is 22.1 Å². The van der Waals surface area contributed by atoms with E-state index in [-0.39, 0.29) is 5.38 Å². The van der Waals surface area contributed by atoms with Gasteiger partial charge in [-0.15, -0.1) is 18.0 Å². The summed E-state index contributed by atoms with van der Waals surface area (Å²) in [5.41, 5.74) is 6.30. The van der Waals surface area contributed by atoms with Crippen LogP contribution in [0.25, 0.3) is 11.1 Å². The summed E-state index contributed by atoms with van der Waals surface area (Å²) in [6, 6.07) is 14.7. The topological polar surface area (TPSA) is 0 Å². The first-order valence-corrected chi connectivity index (χ1v) is 6.05. The van der Waals surface area contributed by atoms with Crippen molar-refractivity contribution in [1.29, 1.82) is 0 Å². The Morgan fingerprint density at radius 1 is 1.06 bits per heavy atom. The van der Waals surface area contributed by atoms with E-state index in [9.17, 15) is 0 Å². The Morgan fingerprint density at radius 3 is 2.65 bits per heavy atom. The third kappa shape index (κ3) is 1.55. The molecule has 0 aromatic heterocycles. The third-order valence-electron chi connectivity index (χ3n) is 3.31. The normalized spacial score (nSPS) is 13.6. The summed E-state index contributed by atoms with van der Waals surface area (Å²) in [5.74, 6) is 2.60. The van der Waals surface area contributed by atoms with Crippen LogP contribution in [0.3, 0.4) is 0 Å². The molecule has 0 saturated carbocycles. The molecule has 0 N–H and O–H groups in total. The Hall–Kier alpha value is -1.71. The highest BCUT2D eigenvalue weighted by Gasteiger charge is 2.22. The number of rotatable bonds is 1. The second-order valence-corrected chi connectivity index (χ2v) is 4.67. The fourth-order valence-electron chi connectivity index (χ4n) is 2.51. The van der Waals surface area contributed by atoms with E-state index in [0.29, 0.717) is 0 Å². The molecule has 0 heterocycles. The molecule has 82 valence electrons. The average Bonchev–Trinajstić information content (AvgIpc) is 2.76. The minimum absolute atomic E-state index is 0.334. The number of hydrogen-bond donors (Lipinski definition) is 0. The largest absolute Gasteiger partial charge is 0.119 e. The number of benzene rings is 2. The number of halogens is 1. The lowest BCUT2D eigenvalue weighted by atomic mass is 9.99. The second kappa shape index (κ2) is 3.95. The molecular formula is C16H11Cl. The van der Waals surface area contributed by atoms with Crippen molar-refractivity contribution >= 4 is 11.6 Å². The fourth-order valence-corrected chi connectivity index (χ4v) is 2.71. The Kier molecular flexibility index (Phi) is 2.42. The Balaban J connectivity index is 2.21. The van der Waals surface area contributed by atoms with Crippen LogP contribution in [-0.4, -0.2) is 0 Å². The summed E-state index contributed by atoms with van der Waals surface area (Å²) in [7, 11) is 0. The molecule has 0 aliphatic heterocycles. The van der Waals surface area contributed by atoms with E-state index in [4.69, 9.17) is 18.0 Å². The summed E-state index contributed by atoms with van der Waals surface area (Å²) in [6.07, 6.45) is 6.36. The molecule has 2 aromatic rings. The molecule has 3 rings (SSSR count). The first-order valence-electron chi connectivity index (χ1n) is 5.61. The molecule has 0 bridgehead atoms. The maximum Gasteiger partial charge on any atom is 0.119 e. The van der Waals surface area contributed by atoms with E-state index in [2.05, 4.69) is 36.3 Å². The maximum absolute atomic E-state index is 6.18. The highest BCUT2D eigenvalue weighted by atomic mass is 35.5. The second-order valence-electron chi connectivity index (χ2n) is 4.24. The van der Waals surface area contributed by atoms with E-state index in [1.54, 1.807) is 0 Å². The predicted octanol–water partition coefficient (Wildman–Crippen LogP) is 4.17. The zero-order chi connectivity index (χ0) is 11.8. The summed E-state index contributed by atoms with van der Waals surface area (Å²) in [5, 5.41) is -0.334. The van der Waals surface area contributed by atoms with Gasteiger partial charge in [0.25, 0.3) is 0 Å². The maximum atomic E-state index is 6.18. The van der Waals surface area contributed by atoms with Gasteiger partial charge in [-0.05, 0) is 34.2 Å². The summed E-state index contributed by atoms with van der Waals surface area (Å²) >= 11 is 6.18. The van der Waals surface area contributed by atoms with Crippen molar-refractivity contribution < 1.29 is 0 Å². The molecule has 1 aliphatic rings. The van der Waals surface area contributed by atoms with Gasteiger partial charge in [0.15, 0.2) is 0 Å². The van der Waals surface area contributed by atoms with Gasteiger partial charge in [-0.1, -0.05) is 48.4 Å². The van der Waals surface area contributed by atoms with Gasteiger partial charge in [-0.2, -0.15) is 0 Å². The Bertz CT molecular complexity index is 620. The molecule has 2 aromatic carbocycles. The van der Waals surface area contributed by atoms with Gasteiger partial charge in [-0.25, -0.2) is 0 Å². The van der Waals surface area contributed by atoms with Crippen molar-refractivity contribution in [2.24, 2.45) is 0 Å². The first kappa shape index (κ1) is 10.4. The van der Waals surface area contributed by atoms with E-state index in [1.807, 2.05) is 12.1 Å². The summed E-state index contributed by atoms with van der Waals surface area (Å²) < 4.78 is 0. The van der Waals surface area contributed by atoms with Crippen molar-refractivity contribution in [3.8, 4) is 23.5 Å². The van der Waals surface area contributed by atoms with Crippen LogP contribution < -0.4 is 0 Å².